The zero-order chi connectivity index (χ0) is 35.9. The van der Waals surface area contributed by atoms with Crippen LogP contribution in [0.4, 0.5) is 20.3 Å². The van der Waals surface area contributed by atoms with Crippen LogP contribution in [0, 0.1) is 31.1 Å². The number of nitrogens with one attached hydrogen (secondary N) is 1. The number of benzene rings is 3. The number of halogens is 2. The van der Waals surface area contributed by atoms with Gasteiger partial charge in [0.15, 0.2) is 17.2 Å². The Balaban J connectivity index is 1.12. The number of hydrogen-bond acceptors (Lipinski definition) is 9. The average molecular weight is 699 g/mol. The van der Waals surface area contributed by atoms with Gasteiger partial charge >= 0.3 is 0 Å². The average Bonchev–Trinajstić information content (AvgIpc) is 3.90. The summed E-state index contributed by atoms with van der Waals surface area (Å²) in [4.78, 5) is 22.7. The summed E-state index contributed by atoms with van der Waals surface area (Å²) in [6, 6.07) is 20.0. The van der Waals surface area contributed by atoms with E-state index in [-0.39, 0.29) is 5.82 Å². The standard InChI is InChI=1S/C41H40F2N8O/c1-24-12-15-51(21-24)22-27-16-29(19-44)37-35(17-27)48-41(52-37)32-10-6-8-30(25(32)2)31-9-7-11-33(26(31)3)46-39-36-34(47-40(49-39)38(42)43)18-28(20-45-36)23-50-13-4-5-14-50/h6-11,16-18,20,24,38H,4-5,12-15,21-23H2,1-3H3,(H,46,47,49). The zero-order valence-electron chi connectivity index (χ0n) is 29.6. The van der Waals surface area contributed by atoms with Crippen LogP contribution < -0.4 is 5.32 Å². The van der Waals surface area contributed by atoms with Crippen molar-refractivity contribution in [2.45, 2.75) is 59.5 Å². The topological polar surface area (TPSA) is 107 Å². The quantitative estimate of drug-likeness (QED) is 0.158. The maximum absolute atomic E-state index is 14.0. The first-order valence-corrected chi connectivity index (χ1v) is 17.9. The number of anilines is 2. The monoisotopic (exact) mass is 698 g/mol. The molecule has 0 bridgehead atoms. The Labute approximate surface area is 301 Å². The Kier molecular flexibility index (Phi) is 9.11. The van der Waals surface area contributed by atoms with E-state index in [4.69, 9.17) is 9.40 Å². The number of alkyl halides is 2. The van der Waals surface area contributed by atoms with Crippen LogP contribution in [-0.4, -0.2) is 55.9 Å². The van der Waals surface area contributed by atoms with Gasteiger partial charge in [0.1, 0.15) is 17.1 Å². The second-order valence-electron chi connectivity index (χ2n) is 14.3. The molecule has 264 valence electrons. The molecule has 8 rings (SSSR count). The molecule has 1 atom stereocenters. The number of likely N-dealkylation sites (tertiary alicyclic amines) is 2. The van der Waals surface area contributed by atoms with Crippen molar-refractivity contribution in [3.05, 3.63) is 94.4 Å². The van der Waals surface area contributed by atoms with Gasteiger partial charge in [0.25, 0.3) is 6.43 Å². The van der Waals surface area contributed by atoms with Gasteiger partial charge in [0.2, 0.25) is 5.89 Å². The molecule has 0 radical (unpaired) electrons. The minimum atomic E-state index is -2.83. The second-order valence-corrected chi connectivity index (χ2v) is 14.3. The maximum atomic E-state index is 14.0. The third-order valence-electron chi connectivity index (χ3n) is 10.4. The van der Waals surface area contributed by atoms with Gasteiger partial charge in [0.05, 0.1) is 11.1 Å². The van der Waals surface area contributed by atoms with Crippen LogP contribution in [0.3, 0.4) is 0 Å². The van der Waals surface area contributed by atoms with Gasteiger partial charge in [-0.05, 0) is 122 Å². The third kappa shape index (κ3) is 6.60. The number of aromatic nitrogens is 4. The SMILES string of the molecule is Cc1c(Nc2nc(C(F)F)nc3cc(CN4CCCC4)cnc23)cccc1-c1cccc(-c2nc3cc(CN4CCC(C)C4)cc(C#N)c3o2)c1C. The molecule has 3 aromatic carbocycles. The van der Waals surface area contributed by atoms with Crippen LogP contribution in [0.15, 0.2) is 65.2 Å². The summed E-state index contributed by atoms with van der Waals surface area (Å²) in [5.74, 6) is 0.820. The van der Waals surface area contributed by atoms with Crippen LogP contribution in [-0.2, 0) is 13.1 Å². The van der Waals surface area contributed by atoms with Crippen LogP contribution in [0.5, 0.6) is 0 Å². The second kappa shape index (κ2) is 14.0. The summed E-state index contributed by atoms with van der Waals surface area (Å²) < 4.78 is 34.4. The Bertz CT molecular complexity index is 2340. The lowest BCUT2D eigenvalue weighted by molar-refractivity contribution is 0.141. The summed E-state index contributed by atoms with van der Waals surface area (Å²) >= 11 is 0. The molecule has 6 aromatic rings. The zero-order valence-corrected chi connectivity index (χ0v) is 29.6. The highest BCUT2D eigenvalue weighted by atomic mass is 19.3. The Hall–Kier alpha value is -5.31. The van der Waals surface area contributed by atoms with E-state index >= 15 is 0 Å². The highest BCUT2D eigenvalue weighted by molar-refractivity contribution is 5.90. The molecule has 11 heteroatoms. The Morgan fingerprint density at radius 1 is 0.885 bits per heavy atom. The van der Waals surface area contributed by atoms with Gasteiger partial charge in [-0.3, -0.25) is 14.8 Å². The van der Waals surface area contributed by atoms with Crippen molar-refractivity contribution in [2.24, 2.45) is 5.92 Å². The van der Waals surface area contributed by atoms with Gasteiger partial charge < -0.3 is 9.73 Å². The summed E-state index contributed by atoms with van der Waals surface area (Å²) in [5.41, 5.74) is 9.76. The van der Waals surface area contributed by atoms with Gasteiger partial charge in [-0.15, -0.1) is 0 Å². The van der Waals surface area contributed by atoms with Crippen molar-refractivity contribution >= 4 is 33.6 Å². The number of fused-ring (bicyclic) bond motifs is 2. The first-order valence-electron chi connectivity index (χ1n) is 17.9. The van der Waals surface area contributed by atoms with E-state index in [1.165, 1.54) is 6.42 Å². The lowest BCUT2D eigenvalue weighted by atomic mass is 9.93. The normalized spacial score (nSPS) is 16.8. The molecular formula is C41H40F2N8O. The van der Waals surface area contributed by atoms with Crippen LogP contribution in [0.25, 0.3) is 44.7 Å². The predicted octanol–water partition coefficient (Wildman–Crippen LogP) is 9.11. The minimum Gasteiger partial charge on any atom is -0.435 e. The van der Waals surface area contributed by atoms with Crippen molar-refractivity contribution in [3.8, 4) is 28.7 Å². The molecule has 9 nitrogen and oxygen atoms in total. The van der Waals surface area contributed by atoms with Gasteiger partial charge in [-0.25, -0.2) is 23.7 Å². The number of nitriles is 1. The molecule has 2 saturated heterocycles. The number of oxazole rings is 1. The molecule has 5 heterocycles. The highest BCUT2D eigenvalue weighted by Crippen LogP contribution is 2.38. The highest BCUT2D eigenvalue weighted by Gasteiger charge is 2.23. The lowest BCUT2D eigenvalue weighted by Gasteiger charge is -2.17. The predicted molar refractivity (Wildman–Crippen MR) is 198 cm³/mol. The molecule has 2 fully saturated rings. The fourth-order valence-corrected chi connectivity index (χ4v) is 7.71. The summed E-state index contributed by atoms with van der Waals surface area (Å²) in [5, 5.41) is 13.3. The van der Waals surface area contributed by atoms with Crippen molar-refractivity contribution in [3.63, 3.8) is 0 Å². The molecule has 0 saturated carbocycles. The molecule has 1 N–H and O–H groups in total. The Morgan fingerprint density at radius 2 is 1.62 bits per heavy atom. The first kappa shape index (κ1) is 33.8. The molecule has 2 aliphatic heterocycles. The van der Waals surface area contributed by atoms with Gasteiger partial charge in [-0.2, -0.15) is 5.26 Å². The van der Waals surface area contributed by atoms with Gasteiger partial charge in [-0.1, -0.05) is 31.2 Å². The van der Waals surface area contributed by atoms with Crippen molar-refractivity contribution in [2.75, 3.05) is 31.5 Å². The largest absolute Gasteiger partial charge is 0.435 e. The fourth-order valence-electron chi connectivity index (χ4n) is 7.71. The van der Waals surface area contributed by atoms with Crippen LogP contribution in [0.2, 0.25) is 0 Å². The molecule has 0 amide bonds. The lowest BCUT2D eigenvalue weighted by Crippen LogP contribution is -2.19. The number of pyridine rings is 1. The van der Waals surface area contributed by atoms with E-state index in [1.807, 2.05) is 68.4 Å². The molecule has 1 unspecified atom stereocenters. The smallest absolute Gasteiger partial charge is 0.297 e. The Morgan fingerprint density at radius 3 is 2.37 bits per heavy atom. The summed E-state index contributed by atoms with van der Waals surface area (Å²) in [6.07, 6.45) is 2.46. The van der Waals surface area contributed by atoms with E-state index in [1.54, 1.807) is 6.20 Å². The van der Waals surface area contributed by atoms with Crippen molar-refractivity contribution in [1.82, 2.24) is 29.7 Å². The van der Waals surface area contributed by atoms with Crippen molar-refractivity contribution in [1.29, 1.82) is 5.26 Å². The van der Waals surface area contributed by atoms with E-state index < -0.39 is 12.2 Å². The van der Waals surface area contributed by atoms with Crippen molar-refractivity contribution < 1.29 is 13.2 Å². The maximum Gasteiger partial charge on any atom is 0.297 e. The molecule has 0 spiro atoms. The molecule has 0 aliphatic carbocycles. The van der Waals surface area contributed by atoms with Crippen LogP contribution in [0.1, 0.15) is 66.3 Å². The number of hydrogen-bond donors (Lipinski definition) is 1. The molecular weight excluding hydrogens is 659 g/mol. The number of rotatable bonds is 9. The van der Waals surface area contributed by atoms with E-state index in [2.05, 4.69) is 43.1 Å². The third-order valence-corrected chi connectivity index (χ3v) is 10.4. The summed E-state index contributed by atoms with van der Waals surface area (Å²) in [6.45, 7) is 11.9. The molecule has 3 aromatic heterocycles. The van der Waals surface area contributed by atoms with E-state index in [0.29, 0.717) is 51.7 Å². The molecule has 52 heavy (non-hydrogen) atoms. The number of nitrogens with zero attached hydrogens (tertiary/aromatic N) is 7. The molecule has 2 aliphatic rings. The fraction of sp³-hybridized carbons (Fsp3) is 0.341. The van der Waals surface area contributed by atoms with E-state index in [9.17, 15) is 14.0 Å². The minimum absolute atomic E-state index is 0.233. The first-order chi connectivity index (χ1) is 25.2. The van der Waals surface area contributed by atoms with Crippen LogP contribution >= 0.6 is 0 Å². The van der Waals surface area contributed by atoms with Gasteiger partial charge in [0, 0.05) is 37.1 Å². The summed E-state index contributed by atoms with van der Waals surface area (Å²) in [7, 11) is 0. The van der Waals surface area contributed by atoms with E-state index in [0.717, 1.165) is 84.5 Å².